The molecule has 1 heterocycles. The standard InChI is InChI=1S/C15H18O3/c1-9-7-12(8-10(2)15(9)17-4)14(16)13-5-6-18-11(13)3/h5-8,14,16H,1-4H3. The molecule has 0 aliphatic rings. The first-order valence-electron chi connectivity index (χ1n) is 5.91. The lowest BCUT2D eigenvalue weighted by Crippen LogP contribution is -2.02. The lowest BCUT2D eigenvalue weighted by atomic mass is 9.97. The van der Waals surface area contributed by atoms with Gasteiger partial charge >= 0.3 is 0 Å². The zero-order valence-corrected chi connectivity index (χ0v) is 11.2. The summed E-state index contributed by atoms with van der Waals surface area (Å²) in [5.74, 6) is 1.61. The van der Waals surface area contributed by atoms with Gasteiger partial charge < -0.3 is 14.3 Å². The normalized spacial score (nSPS) is 12.5. The molecule has 3 nitrogen and oxygen atoms in total. The summed E-state index contributed by atoms with van der Waals surface area (Å²) < 4.78 is 10.6. The lowest BCUT2D eigenvalue weighted by Gasteiger charge is -2.15. The van der Waals surface area contributed by atoms with Crippen LogP contribution in [0.2, 0.25) is 0 Å². The maximum absolute atomic E-state index is 10.4. The van der Waals surface area contributed by atoms with Gasteiger partial charge in [0.1, 0.15) is 17.6 Å². The highest BCUT2D eigenvalue weighted by molar-refractivity contribution is 5.45. The molecule has 96 valence electrons. The van der Waals surface area contributed by atoms with Crippen molar-refractivity contribution in [1.82, 2.24) is 0 Å². The highest BCUT2D eigenvalue weighted by atomic mass is 16.5. The van der Waals surface area contributed by atoms with E-state index >= 15 is 0 Å². The number of furan rings is 1. The van der Waals surface area contributed by atoms with Crippen molar-refractivity contribution in [3.63, 3.8) is 0 Å². The van der Waals surface area contributed by atoms with Crippen LogP contribution in [0.1, 0.15) is 34.1 Å². The van der Waals surface area contributed by atoms with E-state index in [-0.39, 0.29) is 0 Å². The van der Waals surface area contributed by atoms with Gasteiger partial charge in [-0.2, -0.15) is 0 Å². The molecule has 0 aliphatic carbocycles. The molecule has 0 saturated carbocycles. The third-order valence-corrected chi connectivity index (χ3v) is 3.20. The summed E-state index contributed by atoms with van der Waals surface area (Å²) in [6, 6.07) is 5.70. The molecular weight excluding hydrogens is 228 g/mol. The summed E-state index contributed by atoms with van der Waals surface area (Å²) in [6.07, 6.45) is 0.934. The Bertz CT molecular complexity index is 532. The van der Waals surface area contributed by atoms with Crippen LogP contribution in [0.4, 0.5) is 0 Å². The van der Waals surface area contributed by atoms with Crippen LogP contribution in [-0.4, -0.2) is 12.2 Å². The van der Waals surface area contributed by atoms with Crippen molar-refractivity contribution in [2.24, 2.45) is 0 Å². The summed E-state index contributed by atoms with van der Waals surface area (Å²) in [4.78, 5) is 0. The van der Waals surface area contributed by atoms with Gasteiger partial charge in [0.15, 0.2) is 0 Å². The number of rotatable bonds is 3. The second-order valence-corrected chi connectivity index (χ2v) is 4.52. The minimum absolute atomic E-state index is 0.660. The number of aryl methyl sites for hydroxylation is 3. The molecule has 0 amide bonds. The van der Waals surface area contributed by atoms with Gasteiger partial charge in [-0.3, -0.25) is 0 Å². The van der Waals surface area contributed by atoms with E-state index in [1.807, 2.05) is 32.9 Å². The van der Waals surface area contributed by atoms with E-state index in [2.05, 4.69) is 0 Å². The second kappa shape index (κ2) is 4.86. The molecule has 2 aromatic rings. The Labute approximate surface area is 107 Å². The quantitative estimate of drug-likeness (QED) is 0.903. The number of methoxy groups -OCH3 is 1. The molecule has 3 heteroatoms. The van der Waals surface area contributed by atoms with E-state index in [0.29, 0.717) is 0 Å². The molecule has 1 atom stereocenters. The molecule has 0 bridgehead atoms. The first kappa shape index (κ1) is 12.7. The van der Waals surface area contributed by atoms with E-state index in [4.69, 9.17) is 9.15 Å². The van der Waals surface area contributed by atoms with Crippen LogP contribution < -0.4 is 4.74 Å². The first-order valence-corrected chi connectivity index (χ1v) is 5.91. The highest BCUT2D eigenvalue weighted by Crippen LogP contribution is 2.31. The Hall–Kier alpha value is -1.74. The van der Waals surface area contributed by atoms with Crippen LogP contribution in [0.25, 0.3) is 0 Å². The molecular formula is C15H18O3. The third-order valence-electron chi connectivity index (χ3n) is 3.20. The average molecular weight is 246 g/mol. The molecule has 2 rings (SSSR count). The Morgan fingerprint density at radius 2 is 1.78 bits per heavy atom. The van der Waals surface area contributed by atoms with Crippen LogP contribution >= 0.6 is 0 Å². The van der Waals surface area contributed by atoms with Crippen molar-refractivity contribution in [2.45, 2.75) is 26.9 Å². The summed E-state index contributed by atoms with van der Waals surface area (Å²) in [7, 11) is 1.66. The van der Waals surface area contributed by atoms with E-state index < -0.39 is 6.10 Å². The molecule has 1 aromatic heterocycles. The molecule has 1 aromatic carbocycles. The van der Waals surface area contributed by atoms with Gasteiger partial charge in [0.05, 0.1) is 13.4 Å². The molecule has 0 aliphatic heterocycles. The van der Waals surface area contributed by atoms with Crippen molar-refractivity contribution in [3.8, 4) is 5.75 Å². The predicted molar refractivity (Wildman–Crippen MR) is 70.0 cm³/mol. The largest absolute Gasteiger partial charge is 0.496 e. The fourth-order valence-electron chi connectivity index (χ4n) is 2.32. The summed E-state index contributed by atoms with van der Waals surface area (Å²) in [6.45, 7) is 5.80. The number of hydrogen-bond acceptors (Lipinski definition) is 3. The van der Waals surface area contributed by atoms with Crippen LogP contribution in [0.3, 0.4) is 0 Å². The van der Waals surface area contributed by atoms with Crippen molar-refractivity contribution < 1.29 is 14.3 Å². The zero-order chi connectivity index (χ0) is 13.3. The van der Waals surface area contributed by atoms with E-state index in [9.17, 15) is 5.11 Å². The van der Waals surface area contributed by atoms with Crippen molar-refractivity contribution in [2.75, 3.05) is 7.11 Å². The maximum Gasteiger partial charge on any atom is 0.124 e. The Morgan fingerprint density at radius 3 is 2.22 bits per heavy atom. The predicted octanol–water partition coefficient (Wildman–Crippen LogP) is 3.30. The topological polar surface area (TPSA) is 42.6 Å². The number of aliphatic hydroxyl groups excluding tert-OH is 1. The summed E-state index contributed by atoms with van der Waals surface area (Å²) in [5, 5.41) is 10.4. The Balaban J connectivity index is 2.43. The lowest BCUT2D eigenvalue weighted by molar-refractivity contribution is 0.217. The van der Waals surface area contributed by atoms with Crippen LogP contribution in [0.5, 0.6) is 5.75 Å². The van der Waals surface area contributed by atoms with E-state index in [1.54, 1.807) is 19.4 Å². The van der Waals surface area contributed by atoms with Crippen LogP contribution in [0.15, 0.2) is 28.9 Å². The van der Waals surface area contributed by atoms with Gasteiger partial charge in [-0.1, -0.05) is 0 Å². The fourth-order valence-corrected chi connectivity index (χ4v) is 2.32. The Kier molecular flexibility index (Phi) is 3.43. The molecule has 18 heavy (non-hydrogen) atoms. The SMILES string of the molecule is COc1c(C)cc(C(O)c2ccoc2C)cc1C. The molecule has 0 fully saturated rings. The first-order chi connectivity index (χ1) is 8.54. The second-order valence-electron chi connectivity index (χ2n) is 4.52. The molecule has 1 N–H and O–H groups in total. The van der Waals surface area contributed by atoms with Crippen molar-refractivity contribution >= 4 is 0 Å². The molecule has 0 spiro atoms. The average Bonchev–Trinajstić information content (AvgIpc) is 2.74. The summed E-state index contributed by atoms with van der Waals surface area (Å²) >= 11 is 0. The fraction of sp³-hybridized carbons (Fsp3) is 0.333. The van der Waals surface area contributed by atoms with Gasteiger partial charge in [0.2, 0.25) is 0 Å². The van der Waals surface area contributed by atoms with Crippen LogP contribution in [-0.2, 0) is 0 Å². The van der Waals surface area contributed by atoms with E-state index in [0.717, 1.165) is 33.8 Å². The molecule has 0 radical (unpaired) electrons. The monoisotopic (exact) mass is 246 g/mol. The number of benzene rings is 1. The smallest absolute Gasteiger partial charge is 0.124 e. The molecule has 0 saturated heterocycles. The van der Waals surface area contributed by atoms with Gasteiger partial charge in [0, 0.05) is 5.56 Å². The number of ether oxygens (including phenoxy) is 1. The molecule has 1 unspecified atom stereocenters. The third kappa shape index (κ3) is 2.14. The van der Waals surface area contributed by atoms with Gasteiger partial charge in [0.25, 0.3) is 0 Å². The summed E-state index contributed by atoms with van der Waals surface area (Å²) in [5.41, 5.74) is 3.70. The van der Waals surface area contributed by atoms with Gasteiger partial charge in [-0.05, 0) is 55.7 Å². The minimum atomic E-state index is -0.660. The van der Waals surface area contributed by atoms with Crippen LogP contribution in [0, 0.1) is 20.8 Å². The number of hydrogen-bond donors (Lipinski definition) is 1. The van der Waals surface area contributed by atoms with Gasteiger partial charge in [-0.15, -0.1) is 0 Å². The van der Waals surface area contributed by atoms with Gasteiger partial charge in [-0.25, -0.2) is 0 Å². The number of aliphatic hydroxyl groups is 1. The minimum Gasteiger partial charge on any atom is -0.496 e. The van der Waals surface area contributed by atoms with Crippen molar-refractivity contribution in [3.05, 3.63) is 52.5 Å². The maximum atomic E-state index is 10.4. The van der Waals surface area contributed by atoms with Crippen molar-refractivity contribution in [1.29, 1.82) is 0 Å². The highest BCUT2D eigenvalue weighted by Gasteiger charge is 2.17. The van der Waals surface area contributed by atoms with E-state index in [1.165, 1.54) is 0 Å². The Morgan fingerprint density at radius 1 is 1.17 bits per heavy atom. The zero-order valence-electron chi connectivity index (χ0n) is 11.2.